The largest absolute Gasteiger partial charge is 0.416 e. The summed E-state index contributed by atoms with van der Waals surface area (Å²) < 4.78 is 40.0. The highest BCUT2D eigenvalue weighted by molar-refractivity contribution is 7.16. The van der Waals surface area contributed by atoms with Crippen LogP contribution in [0.25, 0.3) is 0 Å². The third-order valence-electron chi connectivity index (χ3n) is 4.13. The van der Waals surface area contributed by atoms with Crippen LogP contribution in [0.5, 0.6) is 0 Å². The van der Waals surface area contributed by atoms with Gasteiger partial charge in [0, 0.05) is 24.5 Å². The number of benzene rings is 1. The van der Waals surface area contributed by atoms with Crippen LogP contribution in [0.1, 0.15) is 28.5 Å². The van der Waals surface area contributed by atoms with E-state index in [0.717, 1.165) is 43.5 Å². The first-order chi connectivity index (χ1) is 11.4. The summed E-state index contributed by atoms with van der Waals surface area (Å²) in [5.74, 6) is 0. The van der Waals surface area contributed by atoms with Crippen LogP contribution in [0.15, 0.2) is 36.4 Å². The molecule has 0 saturated carbocycles. The minimum absolute atomic E-state index is 0.204. The highest BCUT2D eigenvalue weighted by Crippen LogP contribution is 2.38. The predicted octanol–water partition coefficient (Wildman–Crippen LogP) is 4.81. The third kappa shape index (κ3) is 4.11. The Bertz CT molecular complexity index is 678. The fraction of sp³-hybridized carbons (Fsp3) is 0.412. The van der Waals surface area contributed by atoms with Crippen LogP contribution >= 0.6 is 22.9 Å². The average Bonchev–Trinajstić information content (AvgIpc) is 2.80. The van der Waals surface area contributed by atoms with E-state index >= 15 is 0 Å². The van der Waals surface area contributed by atoms with Crippen LogP contribution < -0.4 is 5.32 Å². The van der Waals surface area contributed by atoms with Gasteiger partial charge in [0.15, 0.2) is 0 Å². The van der Waals surface area contributed by atoms with Crippen LogP contribution in [-0.2, 0) is 6.18 Å². The van der Waals surface area contributed by atoms with Crippen molar-refractivity contribution in [3.05, 3.63) is 56.7 Å². The smallest absolute Gasteiger partial charge is 0.315 e. The van der Waals surface area contributed by atoms with Gasteiger partial charge in [-0.1, -0.05) is 23.7 Å². The van der Waals surface area contributed by atoms with Crippen LogP contribution in [0.3, 0.4) is 0 Å². The van der Waals surface area contributed by atoms with Crippen LogP contribution in [-0.4, -0.2) is 31.1 Å². The molecular weight excluding hydrogens is 357 g/mol. The van der Waals surface area contributed by atoms with Crippen molar-refractivity contribution < 1.29 is 13.2 Å². The summed E-state index contributed by atoms with van der Waals surface area (Å²) in [5.41, 5.74) is 0.0471. The normalized spacial score (nSPS) is 18.3. The molecule has 1 fully saturated rings. The maximum absolute atomic E-state index is 13.1. The Morgan fingerprint density at radius 1 is 1.12 bits per heavy atom. The third-order valence-corrected chi connectivity index (χ3v) is 5.42. The Morgan fingerprint density at radius 2 is 1.96 bits per heavy atom. The summed E-state index contributed by atoms with van der Waals surface area (Å²) in [6.45, 7) is 3.38. The van der Waals surface area contributed by atoms with Gasteiger partial charge in [0.25, 0.3) is 0 Å². The molecule has 0 bridgehead atoms. The molecular formula is C17H18ClF3N2S. The summed E-state index contributed by atoms with van der Waals surface area (Å²) in [7, 11) is 0. The lowest BCUT2D eigenvalue weighted by atomic mass is 10.0. The Labute approximate surface area is 148 Å². The van der Waals surface area contributed by atoms with E-state index < -0.39 is 11.7 Å². The lowest BCUT2D eigenvalue weighted by Crippen LogP contribution is -2.32. The maximum Gasteiger partial charge on any atom is 0.416 e. The number of thiophene rings is 1. The molecule has 3 rings (SSSR count). The minimum atomic E-state index is -4.34. The van der Waals surface area contributed by atoms with Gasteiger partial charge in [-0.15, -0.1) is 11.3 Å². The van der Waals surface area contributed by atoms with Gasteiger partial charge < -0.3 is 5.32 Å². The number of halogens is 4. The Kier molecular flexibility index (Phi) is 5.49. The zero-order chi connectivity index (χ0) is 17.2. The molecule has 1 saturated heterocycles. The summed E-state index contributed by atoms with van der Waals surface area (Å²) in [5, 5.41) is 3.33. The standard InChI is InChI=1S/C17H18ClF3N2S/c18-15-6-5-14(24-15)16(23-9-2-7-22-8-10-23)12-3-1-4-13(11-12)17(19,20)21/h1,3-6,11,16,22H,2,7-10H2. The fourth-order valence-electron chi connectivity index (χ4n) is 3.04. The van der Waals surface area contributed by atoms with Gasteiger partial charge in [-0.05, 0) is 42.8 Å². The Balaban J connectivity index is 2.01. The Hall–Kier alpha value is -1.08. The van der Waals surface area contributed by atoms with Crippen molar-refractivity contribution in [1.82, 2.24) is 10.2 Å². The van der Waals surface area contributed by atoms with E-state index in [2.05, 4.69) is 10.2 Å². The van der Waals surface area contributed by atoms with E-state index in [4.69, 9.17) is 11.6 Å². The molecule has 0 amide bonds. The topological polar surface area (TPSA) is 15.3 Å². The second-order valence-electron chi connectivity index (χ2n) is 5.81. The van der Waals surface area contributed by atoms with Crippen molar-refractivity contribution in [2.45, 2.75) is 18.6 Å². The van der Waals surface area contributed by atoms with E-state index in [1.807, 2.05) is 6.07 Å². The number of alkyl halides is 3. The molecule has 1 atom stereocenters. The lowest BCUT2D eigenvalue weighted by Gasteiger charge is -2.30. The molecule has 1 N–H and O–H groups in total. The number of rotatable bonds is 3. The van der Waals surface area contributed by atoms with E-state index in [1.54, 1.807) is 12.1 Å². The maximum atomic E-state index is 13.1. The van der Waals surface area contributed by atoms with Gasteiger partial charge in [0.05, 0.1) is 15.9 Å². The average molecular weight is 375 g/mol. The molecule has 1 aromatic heterocycles. The second-order valence-corrected chi connectivity index (χ2v) is 7.55. The summed E-state index contributed by atoms with van der Waals surface area (Å²) >= 11 is 7.50. The number of nitrogens with one attached hydrogen (secondary N) is 1. The summed E-state index contributed by atoms with van der Waals surface area (Å²) in [4.78, 5) is 3.21. The zero-order valence-corrected chi connectivity index (χ0v) is 14.5. The second kappa shape index (κ2) is 7.44. The summed E-state index contributed by atoms with van der Waals surface area (Å²) in [6.07, 6.45) is -3.37. The first-order valence-electron chi connectivity index (χ1n) is 7.82. The van der Waals surface area contributed by atoms with E-state index in [9.17, 15) is 13.2 Å². The molecule has 2 heterocycles. The van der Waals surface area contributed by atoms with Crippen molar-refractivity contribution in [1.29, 1.82) is 0 Å². The number of hydrogen-bond donors (Lipinski definition) is 1. The molecule has 1 aromatic carbocycles. The van der Waals surface area contributed by atoms with Crippen LogP contribution in [0.4, 0.5) is 13.2 Å². The molecule has 130 valence electrons. The van der Waals surface area contributed by atoms with E-state index in [0.29, 0.717) is 9.90 Å². The van der Waals surface area contributed by atoms with Crippen molar-refractivity contribution in [3.8, 4) is 0 Å². The zero-order valence-electron chi connectivity index (χ0n) is 12.9. The van der Waals surface area contributed by atoms with E-state index in [-0.39, 0.29) is 6.04 Å². The molecule has 1 aliphatic rings. The van der Waals surface area contributed by atoms with Gasteiger partial charge in [-0.25, -0.2) is 0 Å². The molecule has 0 spiro atoms. The minimum Gasteiger partial charge on any atom is -0.315 e. The van der Waals surface area contributed by atoms with Crippen molar-refractivity contribution >= 4 is 22.9 Å². The lowest BCUT2D eigenvalue weighted by molar-refractivity contribution is -0.137. The molecule has 0 radical (unpaired) electrons. The first-order valence-corrected chi connectivity index (χ1v) is 9.02. The molecule has 0 aliphatic carbocycles. The first kappa shape index (κ1) is 17.7. The molecule has 1 unspecified atom stereocenters. The van der Waals surface area contributed by atoms with E-state index in [1.165, 1.54) is 23.5 Å². The van der Waals surface area contributed by atoms with Crippen LogP contribution in [0.2, 0.25) is 4.34 Å². The molecule has 1 aliphatic heterocycles. The monoisotopic (exact) mass is 374 g/mol. The highest BCUT2D eigenvalue weighted by Gasteiger charge is 2.32. The van der Waals surface area contributed by atoms with Gasteiger partial charge in [-0.2, -0.15) is 13.2 Å². The van der Waals surface area contributed by atoms with Crippen molar-refractivity contribution in [2.75, 3.05) is 26.2 Å². The highest BCUT2D eigenvalue weighted by atomic mass is 35.5. The fourth-order valence-corrected chi connectivity index (χ4v) is 4.26. The Morgan fingerprint density at radius 3 is 2.67 bits per heavy atom. The van der Waals surface area contributed by atoms with Gasteiger partial charge in [-0.3, -0.25) is 4.90 Å². The molecule has 7 heteroatoms. The van der Waals surface area contributed by atoms with Gasteiger partial charge >= 0.3 is 6.18 Å². The molecule has 2 aromatic rings. The SMILES string of the molecule is FC(F)(F)c1cccc(C(c2ccc(Cl)s2)N2CCCNCC2)c1. The number of hydrogen-bond acceptors (Lipinski definition) is 3. The molecule has 24 heavy (non-hydrogen) atoms. The van der Waals surface area contributed by atoms with Gasteiger partial charge in [0.2, 0.25) is 0 Å². The molecule has 2 nitrogen and oxygen atoms in total. The van der Waals surface area contributed by atoms with Crippen LogP contribution in [0, 0.1) is 0 Å². The van der Waals surface area contributed by atoms with Gasteiger partial charge in [0.1, 0.15) is 0 Å². The van der Waals surface area contributed by atoms with Crippen molar-refractivity contribution in [2.24, 2.45) is 0 Å². The quantitative estimate of drug-likeness (QED) is 0.829. The predicted molar refractivity (Wildman–Crippen MR) is 91.7 cm³/mol. The number of nitrogens with zero attached hydrogens (tertiary/aromatic N) is 1. The van der Waals surface area contributed by atoms with Crippen molar-refractivity contribution in [3.63, 3.8) is 0 Å². The summed E-state index contributed by atoms with van der Waals surface area (Å²) in [6, 6.07) is 9.14.